The smallest absolute Gasteiger partial charge is 0.462 e. The second kappa shape index (κ2) is 68.2. The first kappa shape index (κ1) is 92.1. The summed E-state index contributed by atoms with van der Waals surface area (Å²) in [5.41, 5.74) is 0. The second-order valence-corrected chi connectivity index (χ2v) is 30.2. The van der Waals surface area contributed by atoms with E-state index in [1.165, 1.54) is 205 Å². The van der Waals surface area contributed by atoms with Crippen LogP contribution in [0.25, 0.3) is 0 Å². The fraction of sp³-hybridized carbons (Fsp3) is 0.947. The summed E-state index contributed by atoms with van der Waals surface area (Å²) < 4.78 is 68.1. The van der Waals surface area contributed by atoms with Crippen LogP contribution in [0.3, 0.4) is 0 Å². The molecule has 0 saturated carbocycles. The molecule has 6 atom stereocenters. The molecular weight excluding hydrogens is 1230 g/mol. The van der Waals surface area contributed by atoms with Gasteiger partial charge in [0.1, 0.15) is 19.3 Å². The van der Waals surface area contributed by atoms with Crippen LogP contribution in [0.15, 0.2) is 0 Å². The zero-order chi connectivity index (χ0) is 69.1. The molecule has 17 nitrogen and oxygen atoms in total. The predicted octanol–water partition coefficient (Wildman–Crippen LogP) is 22.1. The van der Waals surface area contributed by atoms with Gasteiger partial charge in [-0.2, -0.15) is 0 Å². The van der Waals surface area contributed by atoms with Gasteiger partial charge in [-0.05, 0) is 31.6 Å². The zero-order valence-corrected chi connectivity index (χ0v) is 62.9. The van der Waals surface area contributed by atoms with Crippen molar-refractivity contribution in [1.29, 1.82) is 0 Å². The molecule has 0 rings (SSSR count). The number of carbonyl (C=O) groups excluding carboxylic acids is 4. The lowest BCUT2D eigenvalue weighted by molar-refractivity contribution is -0.161. The third kappa shape index (κ3) is 67.3. The molecule has 0 bridgehead atoms. The Morgan fingerprint density at radius 1 is 0.298 bits per heavy atom. The van der Waals surface area contributed by atoms with Gasteiger partial charge in [-0.3, -0.25) is 37.3 Å². The van der Waals surface area contributed by atoms with Crippen molar-refractivity contribution < 1.29 is 80.2 Å². The lowest BCUT2D eigenvalue weighted by Crippen LogP contribution is -2.30. The van der Waals surface area contributed by atoms with Crippen LogP contribution in [0.5, 0.6) is 0 Å². The number of hydrogen-bond acceptors (Lipinski definition) is 15. The molecule has 0 aliphatic rings. The summed E-state index contributed by atoms with van der Waals surface area (Å²) in [5.74, 6) is -1.26. The summed E-state index contributed by atoms with van der Waals surface area (Å²) in [6.07, 6.45) is 57.6. The highest BCUT2D eigenvalue weighted by Gasteiger charge is 2.30. The first-order chi connectivity index (χ1) is 45.6. The van der Waals surface area contributed by atoms with Gasteiger partial charge in [0.15, 0.2) is 12.2 Å². The summed E-state index contributed by atoms with van der Waals surface area (Å²) in [7, 11) is -9.89. The monoisotopic (exact) mass is 1380 g/mol. The zero-order valence-electron chi connectivity index (χ0n) is 61.1. The molecule has 0 aromatic carbocycles. The van der Waals surface area contributed by atoms with Crippen molar-refractivity contribution in [1.82, 2.24) is 0 Å². The van der Waals surface area contributed by atoms with Gasteiger partial charge in [0, 0.05) is 25.7 Å². The summed E-state index contributed by atoms with van der Waals surface area (Å²) >= 11 is 0. The van der Waals surface area contributed by atoms with Gasteiger partial charge < -0.3 is 33.8 Å². The Bertz CT molecular complexity index is 1810. The maximum atomic E-state index is 13.1. The van der Waals surface area contributed by atoms with Crippen LogP contribution in [0.4, 0.5) is 0 Å². The molecule has 3 unspecified atom stereocenters. The minimum absolute atomic E-state index is 0.104. The van der Waals surface area contributed by atoms with E-state index in [1.807, 2.05) is 0 Å². The van der Waals surface area contributed by atoms with Gasteiger partial charge in [-0.1, -0.05) is 343 Å². The molecule has 0 spiro atoms. The Balaban J connectivity index is 5.07. The number of ether oxygens (including phenoxy) is 4. The summed E-state index contributed by atoms with van der Waals surface area (Å²) in [6, 6.07) is 0. The first-order valence-electron chi connectivity index (χ1n) is 39.2. The predicted molar refractivity (Wildman–Crippen MR) is 382 cm³/mol. The fourth-order valence-corrected chi connectivity index (χ4v) is 13.1. The summed E-state index contributed by atoms with van der Waals surface area (Å²) in [5, 5.41) is 10.6. The molecule has 0 aliphatic carbocycles. The molecule has 0 aromatic heterocycles. The quantitative estimate of drug-likeness (QED) is 0.0222. The van der Waals surface area contributed by atoms with Gasteiger partial charge in [0.2, 0.25) is 0 Å². The number of esters is 4. The van der Waals surface area contributed by atoms with Crippen molar-refractivity contribution >= 4 is 39.5 Å². The average Bonchev–Trinajstić information content (AvgIpc) is 1.40. The third-order valence-corrected chi connectivity index (χ3v) is 19.8. The molecule has 0 amide bonds. The van der Waals surface area contributed by atoms with Crippen molar-refractivity contribution in [3.8, 4) is 0 Å². The fourth-order valence-electron chi connectivity index (χ4n) is 11.5. The first-order valence-corrected chi connectivity index (χ1v) is 42.2. The molecule has 3 N–H and O–H groups in total. The van der Waals surface area contributed by atoms with E-state index < -0.39 is 97.5 Å². The third-order valence-electron chi connectivity index (χ3n) is 17.9. The van der Waals surface area contributed by atoms with Gasteiger partial charge in [0.05, 0.1) is 26.4 Å². The number of hydrogen-bond donors (Lipinski definition) is 3. The molecule has 19 heteroatoms. The van der Waals surface area contributed by atoms with E-state index in [2.05, 4.69) is 34.6 Å². The SMILES string of the molecule is CCCCCCCCCCCCCCCCCCCCCC(=O)OC[C@H](COP(=O)(O)OC[C@@H](O)COP(=O)(O)OC[C@@H](COC(=O)CCCCCCC)OC(=O)CCCCCCCCCC)OC(=O)CCCCCCCCCCCCCCCCCCCCC(C)CC. The normalized spacial score (nSPS) is 14.3. The molecule has 0 saturated heterocycles. The Kier molecular flexibility index (Phi) is 66.8. The lowest BCUT2D eigenvalue weighted by atomic mass is 9.99. The number of carbonyl (C=O) groups is 4. The van der Waals surface area contributed by atoms with Crippen LogP contribution in [0.2, 0.25) is 0 Å². The maximum absolute atomic E-state index is 13.1. The van der Waals surface area contributed by atoms with Crippen molar-refractivity contribution in [3.63, 3.8) is 0 Å². The summed E-state index contributed by atoms with van der Waals surface area (Å²) in [4.78, 5) is 72.3. The highest BCUT2D eigenvalue weighted by atomic mass is 31.2. The van der Waals surface area contributed by atoms with Gasteiger partial charge in [-0.25, -0.2) is 9.13 Å². The van der Waals surface area contributed by atoms with E-state index in [4.69, 9.17) is 37.0 Å². The van der Waals surface area contributed by atoms with Gasteiger partial charge in [-0.15, -0.1) is 0 Å². The number of phosphoric ester groups is 2. The molecule has 558 valence electrons. The standard InChI is InChI=1S/C75H146O17P2/c1-6-10-13-16-18-20-21-22-23-24-25-29-32-35-38-41-45-49-54-59-73(78)86-65-71(92-75(80)61-56-51-46-42-39-36-33-30-27-26-28-31-34-37-40-43-48-52-57-68(5)9-4)67-90-94(83,84)88-63-69(76)62-87-93(81,82)89-66-70(64-85-72(77)58-53-47-15-12-8-3)91-74(79)60-55-50-44-19-17-14-11-7-2/h68-71,76H,6-67H2,1-5H3,(H,81,82)(H,83,84)/t68?,69-,70+,71+/m0/s1. The molecular formula is C75H146O17P2. The number of aliphatic hydroxyl groups excluding tert-OH is 1. The summed E-state index contributed by atoms with van der Waals surface area (Å²) in [6.45, 7) is 7.22. The van der Waals surface area contributed by atoms with E-state index in [-0.39, 0.29) is 25.7 Å². The molecule has 94 heavy (non-hydrogen) atoms. The number of phosphoric acid groups is 2. The maximum Gasteiger partial charge on any atom is 0.472 e. The average molecular weight is 1380 g/mol. The minimum Gasteiger partial charge on any atom is -0.462 e. The Hall–Kier alpha value is -1.94. The van der Waals surface area contributed by atoms with E-state index in [1.54, 1.807) is 0 Å². The van der Waals surface area contributed by atoms with Gasteiger partial charge >= 0.3 is 39.5 Å². The molecule has 0 aliphatic heterocycles. The Labute approximate surface area is 575 Å². The Morgan fingerprint density at radius 3 is 0.755 bits per heavy atom. The van der Waals surface area contributed by atoms with E-state index in [0.29, 0.717) is 25.7 Å². The highest BCUT2D eigenvalue weighted by molar-refractivity contribution is 7.47. The van der Waals surface area contributed by atoms with E-state index in [0.717, 1.165) is 109 Å². The molecule has 0 radical (unpaired) electrons. The number of unbranched alkanes of at least 4 members (excludes halogenated alkanes) is 46. The van der Waals surface area contributed by atoms with Crippen LogP contribution in [-0.2, 0) is 65.4 Å². The van der Waals surface area contributed by atoms with Gasteiger partial charge in [0.25, 0.3) is 0 Å². The molecule has 0 aromatic rings. The highest BCUT2D eigenvalue weighted by Crippen LogP contribution is 2.45. The lowest BCUT2D eigenvalue weighted by Gasteiger charge is -2.21. The van der Waals surface area contributed by atoms with Crippen molar-refractivity contribution in [2.24, 2.45) is 5.92 Å². The van der Waals surface area contributed by atoms with Crippen molar-refractivity contribution in [2.45, 2.75) is 412 Å². The second-order valence-electron chi connectivity index (χ2n) is 27.3. The minimum atomic E-state index is -4.95. The van der Waals surface area contributed by atoms with Crippen LogP contribution < -0.4 is 0 Å². The Morgan fingerprint density at radius 2 is 0.511 bits per heavy atom. The van der Waals surface area contributed by atoms with E-state index in [9.17, 15) is 43.2 Å². The van der Waals surface area contributed by atoms with Crippen molar-refractivity contribution in [3.05, 3.63) is 0 Å². The number of rotatable bonds is 75. The topological polar surface area (TPSA) is 237 Å². The van der Waals surface area contributed by atoms with E-state index >= 15 is 0 Å². The molecule has 0 heterocycles. The number of aliphatic hydroxyl groups is 1. The van der Waals surface area contributed by atoms with Crippen LogP contribution >= 0.6 is 15.6 Å². The van der Waals surface area contributed by atoms with Crippen molar-refractivity contribution in [2.75, 3.05) is 39.6 Å². The molecule has 0 fully saturated rings. The van der Waals surface area contributed by atoms with Crippen LogP contribution in [0.1, 0.15) is 394 Å². The van der Waals surface area contributed by atoms with Crippen LogP contribution in [0, 0.1) is 5.92 Å². The van der Waals surface area contributed by atoms with Crippen LogP contribution in [-0.4, -0.2) is 96.7 Å². The largest absolute Gasteiger partial charge is 0.472 e.